The first-order valence-electron chi connectivity index (χ1n) is 5.35. The van der Waals surface area contributed by atoms with E-state index in [9.17, 15) is 0 Å². The first kappa shape index (κ1) is 10.0. The van der Waals surface area contributed by atoms with Crippen LogP contribution in [0.4, 0.5) is 0 Å². The number of hydrogen-bond donors (Lipinski definition) is 1. The van der Waals surface area contributed by atoms with Gasteiger partial charge in [0.05, 0.1) is 0 Å². The molecule has 0 saturated carbocycles. The highest BCUT2D eigenvalue weighted by Crippen LogP contribution is 2.23. The highest BCUT2D eigenvalue weighted by molar-refractivity contribution is 6.30. The summed E-state index contributed by atoms with van der Waals surface area (Å²) in [5.41, 5.74) is 1.37. The summed E-state index contributed by atoms with van der Waals surface area (Å²) in [5, 5.41) is 4.40. The molecule has 76 valence electrons. The lowest BCUT2D eigenvalue weighted by Gasteiger charge is -2.15. The molecule has 1 aliphatic rings. The van der Waals surface area contributed by atoms with Crippen molar-refractivity contribution in [1.82, 2.24) is 5.32 Å². The van der Waals surface area contributed by atoms with Gasteiger partial charge in [-0.2, -0.15) is 0 Å². The molecule has 0 spiro atoms. The van der Waals surface area contributed by atoms with Gasteiger partial charge in [-0.3, -0.25) is 0 Å². The van der Waals surface area contributed by atoms with Gasteiger partial charge in [0.25, 0.3) is 0 Å². The molecule has 1 heterocycles. The summed E-state index contributed by atoms with van der Waals surface area (Å²) in [5.74, 6) is 0. The van der Waals surface area contributed by atoms with Crippen molar-refractivity contribution in [1.29, 1.82) is 0 Å². The van der Waals surface area contributed by atoms with Crippen molar-refractivity contribution in [3.63, 3.8) is 0 Å². The summed E-state index contributed by atoms with van der Waals surface area (Å²) < 4.78 is 0. The van der Waals surface area contributed by atoms with Crippen LogP contribution in [0, 0.1) is 0 Å². The van der Waals surface area contributed by atoms with Crippen LogP contribution in [-0.4, -0.2) is 6.54 Å². The van der Waals surface area contributed by atoms with Crippen LogP contribution in [-0.2, 0) is 0 Å². The molecule has 0 amide bonds. The molecule has 1 unspecified atom stereocenters. The molecule has 1 aromatic carbocycles. The molecule has 2 rings (SSSR count). The van der Waals surface area contributed by atoms with Crippen LogP contribution in [0.3, 0.4) is 0 Å². The molecule has 1 atom stereocenters. The lowest BCUT2D eigenvalue weighted by Crippen LogP contribution is -2.20. The molecule has 14 heavy (non-hydrogen) atoms. The highest BCUT2D eigenvalue weighted by atomic mass is 35.5. The molecular weight excluding hydrogens is 194 g/mol. The first-order valence-corrected chi connectivity index (χ1v) is 5.73. The fourth-order valence-electron chi connectivity index (χ4n) is 2.01. The molecule has 1 saturated heterocycles. The Morgan fingerprint density at radius 1 is 1.07 bits per heavy atom. The lowest BCUT2D eigenvalue weighted by molar-refractivity contribution is 0.535. The molecular formula is C12H16ClN. The van der Waals surface area contributed by atoms with Gasteiger partial charge in [-0.15, -0.1) is 0 Å². The SMILES string of the molecule is Clc1ccc(C2CCCCCN2)cc1. The minimum atomic E-state index is 0.537. The van der Waals surface area contributed by atoms with Crippen LogP contribution in [0.25, 0.3) is 0 Å². The molecule has 1 aromatic rings. The Balaban J connectivity index is 2.08. The largest absolute Gasteiger partial charge is 0.310 e. The zero-order chi connectivity index (χ0) is 9.80. The Bertz CT molecular complexity index is 273. The van der Waals surface area contributed by atoms with Crippen molar-refractivity contribution in [2.24, 2.45) is 0 Å². The van der Waals surface area contributed by atoms with E-state index in [2.05, 4.69) is 17.4 Å². The maximum Gasteiger partial charge on any atom is 0.0406 e. The third kappa shape index (κ3) is 2.49. The third-order valence-corrected chi connectivity index (χ3v) is 3.08. The molecule has 0 aliphatic carbocycles. The van der Waals surface area contributed by atoms with Crippen molar-refractivity contribution < 1.29 is 0 Å². The molecule has 0 bridgehead atoms. The fourth-order valence-corrected chi connectivity index (χ4v) is 2.13. The van der Waals surface area contributed by atoms with Crippen molar-refractivity contribution in [3.05, 3.63) is 34.9 Å². The molecule has 0 radical (unpaired) electrons. The van der Waals surface area contributed by atoms with E-state index in [1.165, 1.54) is 31.2 Å². The second-order valence-corrected chi connectivity index (χ2v) is 4.34. The van der Waals surface area contributed by atoms with Gasteiger partial charge in [-0.25, -0.2) is 0 Å². The highest BCUT2D eigenvalue weighted by Gasteiger charge is 2.12. The summed E-state index contributed by atoms with van der Waals surface area (Å²) >= 11 is 5.86. The first-order chi connectivity index (χ1) is 6.86. The standard InChI is InChI=1S/C12H16ClN/c13-11-7-5-10(6-8-11)12-4-2-1-3-9-14-12/h5-8,12,14H,1-4,9H2. The molecule has 1 aliphatic heterocycles. The minimum Gasteiger partial charge on any atom is -0.310 e. The predicted molar refractivity (Wildman–Crippen MR) is 60.7 cm³/mol. The van der Waals surface area contributed by atoms with Crippen molar-refractivity contribution in [3.8, 4) is 0 Å². The zero-order valence-corrected chi connectivity index (χ0v) is 9.06. The lowest BCUT2D eigenvalue weighted by atomic mass is 10.0. The fraction of sp³-hybridized carbons (Fsp3) is 0.500. The van der Waals surface area contributed by atoms with E-state index in [-0.39, 0.29) is 0 Å². The zero-order valence-electron chi connectivity index (χ0n) is 8.30. The summed E-state index contributed by atoms with van der Waals surface area (Å²) in [7, 11) is 0. The van der Waals surface area contributed by atoms with Crippen LogP contribution in [0.2, 0.25) is 5.02 Å². The summed E-state index contributed by atoms with van der Waals surface area (Å²) in [6.45, 7) is 1.15. The number of nitrogens with one attached hydrogen (secondary N) is 1. The van der Waals surface area contributed by atoms with Crippen molar-refractivity contribution in [2.45, 2.75) is 31.7 Å². The van der Waals surface area contributed by atoms with Crippen molar-refractivity contribution in [2.75, 3.05) is 6.54 Å². The number of halogens is 1. The molecule has 0 aromatic heterocycles. The molecule has 2 heteroatoms. The Hall–Kier alpha value is -0.530. The third-order valence-electron chi connectivity index (χ3n) is 2.83. The van der Waals surface area contributed by atoms with Gasteiger partial charge >= 0.3 is 0 Å². The van der Waals surface area contributed by atoms with E-state index in [0.29, 0.717) is 6.04 Å². The quantitative estimate of drug-likeness (QED) is 0.746. The van der Waals surface area contributed by atoms with E-state index in [0.717, 1.165) is 11.6 Å². The summed E-state index contributed by atoms with van der Waals surface area (Å²) in [6.07, 6.45) is 5.25. The van der Waals surface area contributed by atoms with E-state index in [4.69, 9.17) is 11.6 Å². The van der Waals surface area contributed by atoms with Crippen molar-refractivity contribution >= 4 is 11.6 Å². The smallest absolute Gasteiger partial charge is 0.0406 e. The maximum atomic E-state index is 5.86. The molecule has 1 N–H and O–H groups in total. The number of benzene rings is 1. The average Bonchev–Trinajstić information content (AvgIpc) is 2.47. The Morgan fingerprint density at radius 2 is 1.86 bits per heavy atom. The van der Waals surface area contributed by atoms with Crippen LogP contribution >= 0.6 is 11.6 Å². The van der Waals surface area contributed by atoms with Gasteiger partial charge in [0.1, 0.15) is 0 Å². The van der Waals surface area contributed by atoms with E-state index >= 15 is 0 Å². The Labute approximate surface area is 90.5 Å². The predicted octanol–water partition coefficient (Wildman–Crippen LogP) is 3.54. The van der Waals surface area contributed by atoms with Gasteiger partial charge in [-0.05, 0) is 37.1 Å². The summed E-state index contributed by atoms with van der Waals surface area (Å²) in [6, 6.07) is 8.75. The normalized spacial score (nSPS) is 23.1. The van der Waals surface area contributed by atoms with Crippen LogP contribution in [0.5, 0.6) is 0 Å². The number of hydrogen-bond acceptors (Lipinski definition) is 1. The topological polar surface area (TPSA) is 12.0 Å². The van der Waals surface area contributed by atoms with Crippen LogP contribution in [0.15, 0.2) is 24.3 Å². The van der Waals surface area contributed by atoms with Gasteiger partial charge in [-0.1, -0.05) is 36.6 Å². The summed E-state index contributed by atoms with van der Waals surface area (Å²) in [4.78, 5) is 0. The Morgan fingerprint density at radius 3 is 2.64 bits per heavy atom. The van der Waals surface area contributed by atoms with Gasteiger partial charge in [0.15, 0.2) is 0 Å². The van der Waals surface area contributed by atoms with Gasteiger partial charge < -0.3 is 5.32 Å². The van der Waals surface area contributed by atoms with Gasteiger partial charge in [0, 0.05) is 11.1 Å². The second-order valence-electron chi connectivity index (χ2n) is 3.91. The van der Waals surface area contributed by atoms with E-state index in [1.807, 2.05) is 12.1 Å². The van der Waals surface area contributed by atoms with Gasteiger partial charge in [0.2, 0.25) is 0 Å². The maximum absolute atomic E-state index is 5.86. The van der Waals surface area contributed by atoms with Crippen LogP contribution < -0.4 is 5.32 Å². The second kappa shape index (κ2) is 4.81. The van der Waals surface area contributed by atoms with Crippen LogP contribution in [0.1, 0.15) is 37.3 Å². The molecule has 1 fully saturated rings. The van der Waals surface area contributed by atoms with E-state index < -0.39 is 0 Å². The minimum absolute atomic E-state index is 0.537. The average molecular weight is 210 g/mol. The Kier molecular flexibility index (Phi) is 3.44. The monoisotopic (exact) mass is 209 g/mol. The number of rotatable bonds is 1. The van der Waals surface area contributed by atoms with E-state index in [1.54, 1.807) is 0 Å². The molecule has 1 nitrogen and oxygen atoms in total.